The van der Waals surface area contributed by atoms with Gasteiger partial charge in [-0.2, -0.15) is 0 Å². The fourth-order valence-corrected chi connectivity index (χ4v) is 3.76. The SMILES string of the molecule is NCCCc1ccc2[nH]c3c(c2c1)C1CCN3CC1. The first-order valence-corrected chi connectivity index (χ1v) is 7.46. The highest BCUT2D eigenvalue weighted by atomic mass is 15.2. The zero-order valence-corrected chi connectivity index (χ0v) is 11.3. The average Bonchev–Trinajstić information content (AvgIpc) is 2.87. The van der Waals surface area contributed by atoms with Crippen LogP contribution in [-0.4, -0.2) is 24.6 Å². The minimum Gasteiger partial charge on any atom is -0.358 e. The second kappa shape index (κ2) is 4.27. The van der Waals surface area contributed by atoms with E-state index < -0.39 is 0 Å². The minimum atomic E-state index is 0.776. The summed E-state index contributed by atoms with van der Waals surface area (Å²) in [5.74, 6) is 2.17. The van der Waals surface area contributed by atoms with Crippen LogP contribution in [0.3, 0.4) is 0 Å². The van der Waals surface area contributed by atoms with Crippen molar-refractivity contribution in [2.45, 2.75) is 31.6 Å². The molecule has 3 aliphatic heterocycles. The summed E-state index contributed by atoms with van der Waals surface area (Å²) in [5, 5.41) is 1.46. The molecular weight excluding hydrogens is 234 g/mol. The molecule has 19 heavy (non-hydrogen) atoms. The van der Waals surface area contributed by atoms with E-state index in [-0.39, 0.29) is 0 Å². The van der Waals surface area contributed by atoms with Crippen molar-refractivity contribution in [1.29, 1.82) is 0 Å². The van der Waals surface area contributed by atoms with Crippen molar-refractivity contribution >= 4 is 16.7 Å². The predicted octanol–water partition coefficient (Wildman–Crippen LogP) is 2.76. The number of H-pyrrole nitrogens is 1. The molecule has 0 spiro atoms. The van der Waals surface area contributed by atoms with Crippen LogP contribution in [0.5, 0.6) is 0 Å². The van der Waals surface area contributed by atoms with Gasteiger partial charge < -0.3 is 15.6 Å². The van der Waals surface area contributed by atoms with Crippen molar-refractivity contribution < 1.29 is 0 Å². The number of nitrogens with one attached hydrogen (secondary N) is 1. The maximum atomic E-state index is 5.62. The Bertz CT molecular complexity index is 606. The van der Waals surface area contributed by atoms with Crippen LogP contribution in [0, 0.1) is 0 Å². The van der Waals surface area contributed by atoms with Crippen molar-refractivity contribution in [2.24, 2.45) is 5.73 Å². The van der Waals surface area contributed by atoms with E-state index in [1.165, 1.54) is 48.2 Å². The largest absolute Gasteiger partial charge is 0.358 e. The Morgan fingerprint density at radius 1 is 1.26 bits per heavy atom. The maximum absolute atomic E-state index is 5.62. The smallest absolute Gasteiger partial charge is 0.110 e. The second-order valence-corrected chi connectivity index (χ2v) is 5.92. The van der Waals surface area contributed by atoms with Crippen LogP contribution < -0.4 is 10.6 Å². The molecule has 1 aromatic carbocycles. The summed E-state index contributed by atoms with van der Waals surface area (Å²) in [6.45, 7) is 3.23. The lowest BCUT2D eigenvalue weighted by Crippen LogP contribution is -2.38. The van der Waals surface area contributed by atoms with Crippen LogP contribution >= 0.6 is 0 Å². The van der Waals surface area contributed by atoms with Crippen LogP contribution in [0.1, 0.15) is 36.3 Å². The molecule has 4 heterocycles. The Labute approximate surface area is 113 Å². The first-order valence-electron chi connectivity index (χ1n) is 7.46. The maximum Gasteiger partial charge on any atom is 0.110 e. The van der Waals surface area contributed by atoms with Gasteiger partial charge in [0, 0.05) is 29.6 Å². The number of aromatic nitrogens is 1. The van der Waals surface area contributed by atoms with Crippen LogP contribution in [0.15, 0.2) is 18.2 Å². The molecule has 0 unspecified atom stereocenters. The Kier molecular flexibility index (Phi) is 2.55. The number of fused-ring (bicyclic) bond motifs is 3. The Hall–Kier alpha value is -1.48. The molecule has 3 N–H and O–H groups in total. The average molecular weight is 255 g/mol. The molecule has 3 aliphatic rings. The number of nitrogens with two attached hydrogens (primary N) is 1. The quantitative estimate of drug-likeness (QED) is 0.885. The molecule has 2 aromatic rings. The first kappa shape index (κ1) is 11.4. The topological polar surface area (TPSA) is 45.1 Å². The van der Waals surface area contributed by atoms with Gasteiger partial charge in [0.25, 0.3) is 0 Å². The van der Waals surface area contributed by atoms with E-state index in [1.54, 1.807) is 5.56 Å². The number of rotatable bonds is 3. The molecule has 5 rings (SSSR count). The third-order valence-corrected chi connectivity index (χ3v) is 4.77. The molecule has 3 nitrogen and oxygen atoms in total. The number of benzene rings is 1. The number of hydrogen-bond donors (Lipinski definition) is 2. The van der Waals surface area contributed by atoms with Crippen LogP contribution in [-0.2, 0) is 6.42 Å². The minimum absolute atomic E-state index is 0.776. The van der Waals surface area contributed by atoms with Gasteiger partial charge in [-0.05, 0) is 55.8 Å². The van der Waals surface area contributed by atoms with Crippen LogP contribution in [0.2, 0.25) is 0 Å². The third-order valence-electron chi connectivity index (χ3n) is 4.77. The molecule has 0 radical (unpaired) electrons. The molecule has 1 fully saturated rings. The van der Waals surface area contributed by atoms with Gasteiger partial charge in [0.1, 0.15) is 5.82 Å². The predicted molar refractivity (Wildman–Crippen MR) is 79.9 cm³/mol. The monoisotopic (exact) mass is 255 g/mol. The highest BCUT2D eigenvalue weighted by molar-refractivity contribution is 5.91. The van der Waals surface area contributed by atoms with Gasteiger partial charge in [0.2, 0.25) is 0 Å². The van der Waals surface area contributed by atoms with E-state index in [2.05, 4.69) is 28.1 Å². The van der Waals surface area contributed by atoms with Gasteiger partial charge in [0.15, 0.2) is 0 Å². The number of aromatic amines is 1. The number of anilines is 1. The van der Waals surface area contributed by atoms with Crippen molar-refractivity contribution in [3.63, 3.8) is 0 Å². The highest BCUT2D eigenvalue weighted by Crippen LogP contribution is 2.45. The fraction of sp³-hybridized carbons (Fsp3) is 0.500. The summed E-state index contributed by atoms with van der Waals surface area (Å²) in [6.07, 6.45) is 4.83. The molecular formula is C16H21N3. The number of nitrogens with zero attached hydrogens (tertiary/aromatic N) is 1. The number of piperidine rings is 1. The molecule has 3 heteroatoms. The molecule has 0 aliphatic carbocycles. The summed E-state index contributed by atoms with van der Waals surface area (Å²) < 4.78 is 0. The Morgan fingerprint density at radius 2 is 2.11 bits per heavy atom. The van der Waals surface area contributed by atoms with E-state index in [0.29, 0.717) is 0 Å². The van der Waals surface area contributed by atoms with E-state index >= 15 is 0 Å². The molecule has 0 atom stereocenters. The van der Waals surface area contributed by atoms with E-state index in [0.717, 1.165) is 25.3 Å². The fourth-order valence-electron chi connectivity index (χ4n) is 3.76. The van der Waals surface area contributed by atoms with Gasteiger partial charge in [-0.25, -0.2) is 0 Å². The lowest BCUT2D eigenvalue weighted by molar-refractivity contribution is 0.475. The van der Waals surface area contributed by atoms with E-state index in [9.17, 15) is 0 Å². The van der Waals surface area contributed by atoms with Gasteiger partial charge in [-0.1, -0.05) is 6.07 Å². The lowest BCUT2D eigenvalue weighted by Gasteiger charge is -2.40. The van der Waals surface area contributed by atoms with Crippen molar-refractivity contribution in [1.82, 2.24) is 4.98 Å². The van der Waals surface area contributed by atoms with Gasteiger partial charge in [-0.3, -0.25) is 0 Å². The normalized spacial score (nSPS) is 18.3. The Morgan fingerprint density at radius 3 is 2.89 bits per heavy atom. The molecule has 1 aromatic heterocycles. The standard InChI is InChI=1S/C16H21N3/c17-7-1-2-11-3-4-14-13(10-11)15-12-5-8-19(9-6-12)16(15)18-14/h3-4,10,12,18H,1-2,5-9,17H2. The Balaban J connectivity index is 1.83. The van der Waals surface area contributed by atoms with Gasteiger partial charge >= 0.3 is 0 Å². The molecule has 2 bridgehead atoms. The summed E-state index contributed by atoms with van der Waals surface area (Å²) in [5.41, 5.74) is 9.93. The zero-order chi connectivity index (χ0) is 12.8. The number of hydrogen-bond acceptors (Lipinski definition) is 2. The van der Waals surface area contributed by atoms with E-state index in [1.807, 2.05) is 0 Å². The molecule has 0 amide bonds. The zero-order valence-electron chi connectivity index (χ0n) is 11.3. The second-order valence-electron chi connectivity index (χ2n) is 5.92. The molecule has 0 saturated carbocycles. The lowest BCUT2D eigenvalue weighted by atomic mass is 9.84. The van der Waals surface area contributed by atoms with Crippen LogP contribution in [0.4, 0.5) is 5.82 Å². The molecule has 100 valence electrons. The first-order chi connectivity index (χ1) is 9.36. The van der Waals surface area contributed by atoms with Crippen molar-refractivity contribution in [3.05, 3.63) is 29.3 Å². The summed E-state index contributed by atoms with van der Waals surface area (Å²) in [6, 6.07) is 6.89. The van der Waals surface area contributed by atoms with E-state index in [4.69, 9.17) is 5.73 Å². The third kappa shape index (κ3) is 1.68. The van der Waals surface area contributed by atoms with Gasteiger partial charge in [-0.15, -0.1) is 0 Å². The van der Waals surface area contributed by atoms with Gasteiger partial charge in [0.05, 0.1) is 0 Å². The summed E-state index contributed by atoms with van der Waals surface area (Å²) in [7, 11) is 0. The number of aryl methyl sites for hydroxylation is 1. The summed E-state index contributed by atoms with van der Waals surface area (Å²) >= 11 is 0. The van der Waals surface area contributed by atoms with Crippen molar-refractivity contribution in [2.75, 3.05) is 24.5 Å². The van der Waals surface area contributed by atoms with Crippen LogP contribution in [0.25, 0.3) is 10.9 Å². The van der Waals surface area contributed by atoms with Crippen molar-refractivity contribution in [3.8, 4) is 0 Å². The summed E-state index contributed by atoms with van der Waals surface area (Å²) in [4.78, 5) is 6.15. The highest BCUT2D eigenvalue weighted by Gasteiger charge is 2.33. The molecule has 1 saturated heterocycles.